The topological polar surface area (TPSA) is 0 Å². The van der Waals surface area contributed by atoms with Crippen LogP contribution in [0.5, 0.6) is 0 Å². The molecule has 0 saturated heterocycles. The van der Waals surface area contributed by atoms with Crippen LogP contribution >= 0.6 is 0 Å². The van der Waals surface area contributed by atoms with Crippen LogP contribution in [-0.4, -0.2) is 0 Å². The lowest BCUT2D eigenvalue weighted by Gasteiger charge is -2.47. The van der Waals surface area contributed by atoms with Crippen LogP contribution in [0.25, 0.3) is 0 Å². The normalized spacial score (nSPS) is 27.1. The Morgan fingerprint density at radius 2 is 0.575 bits per heavy atom. The Morgan fingerprint density at radius 1 is 0.368 bits per heavy atom. The van der Waals surface area contributed by atoms with Gasteiger partial charge in [0.1, 0.15) is 0 Å². The van der Waals surface area contributed by atoms with Crippen molar-refractivity contribution in [2.24, 2.45) is 85.7 Å². The number of hydrogen-bond donors (Lipinski definition) is 0. The molecule has 87 heavy (non-hydrogen) atoms. The molecule has 3 spiro atoms. The molecule has 526 valence electrons. The summed E-state index contributed by atoms with van der Waals surface area (Å²) in [7, 11) is 0. The van der Waals surface area contributed by atoms with E-state index < -0.39 is 25.5 Å². The van der Waals surface area contributed by atoms with Crippen LogP contribution in [0.15, 0.2) is 0 Å². The fraction of sp³-hybridized carbons (Fsp3) is 1.00. The van der Waals surface area contributed by atoms with Gasteiger partial charge in [-0.3, -0.25) is 0 Å². The largest absolute Gasteiger partial charge is 0.0683 e. The minimum atomic E-state index is -1.06. The Hall–Kier alpha value is 0. The predicted octanol–water partition coefficient (Wildman–Crippen LogP) is 32.3. The van der Waals surface area contributed by atoms with Crippen molar-refractivity contribution in [3.8, 4) is 0 Å². The van der Waals surface area contributed by atoms with Gasteiger partial charge in [0, 0.05) is 15.1 Å². The molecule has 0 bridgehead atoms. The first-order valence-corrected chi connectivity index (χ1v) is 38.9. The second-order valence-electron chi connectivity index (χ2n) is 35.0. The van der Waals surface area contributed by atoms with E-state index >= 15 is 0 Å². The van der Waals surface area contributed by atoms with Crippen LogP contribution in [0.2, 0.25) is 0 Å². The van der Waals surface area contributed by atoms with Crippen molar-refractivity contribution in [3.63, 3.8) is 0 Å². The summed E-state index contributed by atoms with van der Waals surface area (Å²) in [6, 6.07) is 0. The monoisotopic (exact) mass is 1230 g/mol. The lowest BCUT2D eigenvalue weighted by molar-refractivity contribution is 0.0511. The first-order chi connectivity index (χ1) is 44.4. The van der Waals surface area contributed by atoms with Crippen LogP contribution in [0, 0.1) is 85.7 Å². The van der Waals surface area contributed by atoms with Crippen molar-refractivity contribution in [1.82, 2.24) is 0 Å². The molecule has 0 aromatic rings. The molecule has 0 atom stereocenters. The van der Waals surface area contributed by atoms with E-state index in [9.17, 15) is 0 Å². The highest BCUT2D eigenvalue weighted by atomic mass is 14.5. The third-order valence-corrected chi connectivity index (χ3v) is 21.5. The Morgan fingerprint density at radius 3 is 0.782 bits per heavy atom. The van der Waals surface area contributed by atoms with Gasteiger partial charge in [0.15, 0.2) is 0 Å². The molecule has 0 N–H and O–H groups in total. The molecule has 0 unspecified atom stereocenters. The van der Waals surface area contributed by atoms with Crippen molar-refractivity contribution in [2.45, 2.75) is 475 Å². The lowest BCUT2D eigenvalue weighted by Crippen LogP contribution is -2.34. The Balaban J connectivity index is 0. The van der Waals surface area contributed by atoms with Gasteiger partial charge in [-0.1, -0.05) is 385 Å². The SMILES string of the molecule is CC.CC(C)(C)C.CC1CCC2(CC1)CCC(C)(C)CC2.CC1CCC2(CCCC2)CC1.CC1CCC2(CCCCC2)CC1.[2H]C(C)(C)C.[2H]C([2H])(C)C(C)(C)C.[2H]C([2H])(C)C(C)C.[2H]C([2H])(C)C1CCCC1.[2H]C([2H])(C)C1CCCCC1.[2H]C1(C)CCCC1.[2H]C1(C)CCCCC1. The minimum absolute atomic E-state index is 0.0556. The van der Waals surface area contributed by atoms with Crippen LogP contribution < -0.4 is 0 Å². The van der Waals surface area contributed by atoms with Gasteiger partial charge in [0.25, 0.3) is 0 Å². The summed E-state index contributed by atoms with van der Waals surface area (Å²) in [5.41, 5.74) is 3.40. The van der Waals surface area contributed by atoms with Crippen LogP contribution in [-0.2, 0) is 0 Å². The highest BCUT2D eigenvalue weighted by Crippen LogP contribution is 2.54. The maximum absolute atomic E-state index is 7.63. The third kappa shape index (κ3) is 52.0. The minimum Gasteiger partial charge on any atom is -0.0683 e. The maximum Gasteiger partial charge on any atom is 0.0300 e. The van der Waals surface area contributed by atoms with E-state index in [1.165, 1.54) is 173 Å². The van der Waals surface area contributed by atoms with E-state index in [1.54, 1.807) is 79.1 Å². The van der Waals surface area contributed by atoms with E-state index in [4.69, 9.17) is 15.1 Å². The zero-order valence-electron chi connectivity index (χ0n) is 76.4. The molecular weight excluding hydrogens is 1040 g/mol. The predicted molar refractivity (Wildman–Crippen MR) is 405 cm³/mol. The van der Waals surface area contributed by atoms with Gasteiger partial charge in [-0.05, 0) is 176 Å². The van der Waals surface area contributed by atoms with Crippen LogP contribution in [0.1, 0.15) is 490 Å². The van der Waals surface area contributed by atoms with Gasteiger partial charge in [-0.25, -0.2) is 0 Å². The summed E-state index contributed by atoms with van der Waals surface area (Å²) in [4.78, 5) is 0. The van der Waals surface area contributed by atoms with Gasteiger partial charge in [0.2, 0.25) is 0 Å². The molecule has 0 nitrogen and oxygen atoms in total. The molecule has 0 amide bonds. The molecule has 0 aliphatic heterocycles. The van der Waals surface area contributed by atoms with Crippen molar-refractivity contribution in [2.75, 3.05) is 0 Å². The molecule has 10 fully saturated rings. The van der Waals surface area contributed by atoms with E-state index in [-0.39, 0.29) is 29.0 Å². The highest BCUT2D eigenvalue weighted by molar-refractivity contribution is 4.92. The van der Waals surface area contributed by atoms with Crippen molar-refractivity contribution in [1.29, 1.82) is 0 Å². The summed E-state index contributed by atoms with van der Waals surface area (Å²) in [5, 5.41) is 0. The first-order valence-electron chi connectivity index (χ1n) is 44.4. The summed E-state index contributed by atoms with van der Waals surface area (Å²) in [6.07, 6.45) is 55.8. The van der Waals surface area contributed by atoms with Crippen LogP contribution in [0.4, 0.5) is 0 Å². The van der Waals surface area contributed by atoms with Gasteiger partial charge >= 0.3 is 0 Å². The molecule has 0 heterocycles. The standard InChI is InChI=1S/C14H26.C12H22.C11H20.C8H16.2C7H14.C6H12.C6H14.2C5H12.C4H10.C2H6/c1-12-4-6-14(7-5-12)10-8-13(2,3)9-11-14;1-11-5-9-12(10-6-11)7-3-2-4-8-12;1-10-4-8-11(9-5-10)6-2-3-7-11;1-2-8-6-4-3-5-7-8;1-7-5-3-2-4-6-7;1-2-7-5-3-4-6-7;1-6-4-2-3-5-6;1-5-6(2,3)4;1-5(2,3)4;1-4-5(2)3;1-4(2)3;1-2/h12H,4-11H2,1-3H3;11H,2-10H2,1H3;10H,2-9H2,1H3;8H,2-7H2,1H3;2*7H,2-6H2,1H3;6H,2-5H2,1H3;5H2,1-4H3;1-4H3;5H,4H2,1-3H3;4H,1-3H3;1-2H3/i;;;2D2;7D;2D2;6D;5D2;;4D2;4D;. The van der Waals surface area contributed by atoms with Crippen LogP contribution in [0.3, 0.4) is 0 Å². The lowest BCUT2D eigenvalue weighted by atomic mass is 9.59. The second kappa shape index (κ2) is 51.4. The molecule has 10 saturated carbocycles. The zero-order chi connectivity index (χ0) is 76.4. The average molecular weight is 1240 g/mol. The summed E-state index contributed by atoms with van der Waals surface area (Å²) >= 11 is 0. The molecule has 10 rings (SSSR count). The molecule has 0 radical (unpaired) electrons. The second-order valence-corrected chi connectivity index (χ2v) is 35.0. The smallest absolute Gasteiger partial charge is 0.0300 e. The fourth-order valence-corrected chi connectivity index (χ4v) is 14.2. The Bertz CT molecular complexity index is 1820. The van der Waals surface area contributed by atoms with E-state index in [2.05, 4.69) is 62.3 Å². The van der Waals surface area contributed by atoms with Crippen molar-refractivity contribution < 1.29 is 15.1 Å². The summed E-state index contributed by atoms with van der Waals surface area (Å²) in [6.45, 7) is 50.6. The first kappa shape index (κ1) is 69.8. The summed E-state index contributed by atoms with van der Waals surface area (Å²) in [5.74, 6) is 3.50. The van der Waals surface area contributed by atoms with E-state index in [0.29, 0.717) is 22.7 Å². The highest BCUT2D eigenvalue weighted by Gasteiger charge is 2.40. The molecule has 10 aliphatic carbocycles. The fourth-order valence-electron chi connectivity index (χ4n) is 14.2. The molecular formula is C87H178. The molecule has 0 aromatic heterocycles. The van der Waals surface area contributed by atoms with Crippen molar-refractivity contribution in [3.05, 3.63) is 0 Å². The zero-order valence-corrected chi connectivity index (χ0v) is 65.4. The quantitative estimate of drug-likeness (QED) is 0.264. The van der Waals surface area contributed by atoms with Crippen molar-refractivity contribution >= 4 is 0 Å². The summed E-state index contributed by atoms with van der Waals surface area (Å²) < 4.78 is 80.4. The Kier molecular flexibility index (Phi) is 41.2. The molecule has 0 heteroatoms. The number of rotatable bonds is 3. The van der Waals surface area contributed by atoms with Gasteiger partial charge < -0.3 is 0 Å². The van der Waals surface area contributed by atoms with E-state index in [1.807, 2.05) is 83.1 Å². The maximum atomic E-state index is 7.63. The molecule has 0 aromatic carbocycles. The third-order valence-electron chi connectivity index (χ3n) is 21.5. The Labute approximate surface area is 573 Å². The molecule has 10 aliphatic rings. The van der Waals surface area contributed by atoms with Gasteiger partial charge in [-0.2, -0.15) is 0 Å². The average Bonchev–Trinajstić information content (AvgIpc) is 1.62. The van der Waals surface area contributed by atoms with E-state index in [0.717, 1.165) is 85.4 Å². The number of hydrogen-bond acceptors (Lipinski definition) is 0. The van der Waals surface area contributed by atoms with Gasteiger partial charge in [0.05, 0.1) is 0 Å². The van der Waals surface area contributed by atoms with Gasteiger partial charge in [-0.15, -0.1) is 0 Å².